The summed E-state index contributed by atoms with van der Waals surface area (Å²) in [6, 6.07) is 8.04. The molecule has 1 fully saturated rings. The molecule has 2 aromatic rings. The van der Waals surface area contributed by atoms with Crippen molar-refractivity contribution in [1.29, 1.82) is 0 Å². The summed E-state index contributed by atoms with van der Waals surface area (Å²) in [5, 5.41) is 4.13. The number of carbonyl (C=O) groups excluding carboxylic acids is 1. The Morgan fingerprint density at radius 1 is 1.32 bits per heavy atom. The zero-order chi connectivity index (χ0) is 20.1. The van der Waals surface area contributed by atoms with Gasteiger partial charge in [-0.3, -0.25) is 4.90 Å². The van der Waals surface area contributed by atoms with E-state index in [-0.39, 0.29) is 12.0 Å². The average molecular weight is 386 g/mol. The molecule has 7 heteroatoms. The molecule has 28 heavy (non-hydrogen) atoms. The molecule has 0 amide bonds. The van der Waals surface area contributed by atoms with E-state index in [0.717, 1.165) is 50.4 Å². The number of carbonyl (C=O) groups is 1. The summed E-state index contributed by atoms with van der Waals surface area (Å²) < 4.78 is 10.3. The number of hydrogen-bond donors (Lipinski definition) is 0. The number of aryl methyl sites for hydroxylation is 1. The molecule has 152 valence electrons. The minimum Gasteiger partial charge on any atom is -0.465 e. The first kappa shape index (κ1) is 20.3. The summed E-state index contributed by atoms with van der Waals surface area (Å²) in [6.45, 7) is 9.23. The summed E-state index contributed by atoms with van der Waals surface area (Å²) in [5.41, 5.74) is 1.69. The molecule has 3 rings (SSSR count). The van der Waals surface area contributed by atoms with Crippen LogP contribution in [0.15, 0.2) is 28.8 Å². The van der Waals surface area contributed by atoms with Gasteiger partial charge in [0.1, 0.15) is 0 Å². The molecule has 1 aliphatic heterocycles. The van der Waals surface area contributed by atoms with Crippen LogP contribution in [0.5, 0.6) is 0 Å². The third-order valence-electron chi connectivity index (χ3n) is 5.43. The van der Waals surface area contributed by atoms with Crippen molar-refractivity contribution < 1.29 is 14.1 Å². The molecule has 2 atom stereocenters. The Kier molecular flexibility index (Phi) is 6.67. The molecular weight excluding hydrogens is 356 g/mol. The summed E-state index contributed by atoms with van der Waals surface area (Å²) >= 11 is 0. The van der Waals surface area contributed by atoms with Crippen molar-refractivity contribution in [2.75, 3.05) is 31.6 Å². The van der Waals surface area contributed by atoms with Crippen molar-refractivity contribution in [3.05, 3.63) is 41.5 Å². The highest BCUT2D eigenvalue weighted by molar-refractivity contribution is 5.89. The van der Waals surface area contributed by atoms with Gasteiger partial charge in [-0.25, -0.2) is 4.79 Å². The highest BCUT2D eigenvalue weighted by atomic mass is 16.5. The second-order valence-electron chi connectivity index (χ2n) is 7.40. The molecular formula is C21H30N4O3. The van der Waals surface area contributed by atoms with Crippen LogP contribution in [0, 0.1) is 0 Å². The van der Waals surface area contributed by atoms with E-state index in [2.05, 4.69) is 40.7 Å². The molecule has 2 unspecified atom stereocenters. The van der Waals surface area contributed by atoms with Crippen molar-refractivity contribution in [3.8, 4) is 0 Å². The van der Waals surface area contributed by atoms with E-state index < -0.39 is 0 Å². The number of anilines is 1. The number of nitrogens with zero attached hydrogens (tertiary/aromatic N) is 4. The number of aromatic nitrogens is 2. The van der Waals surface area contributed by atoms with Gasteiger partial charge in [-0.1, -0.05) is 18.5 Å². The molecule has 0 N–H and O–H groups in total. The Bertz CT molecular complexity index is 774. The van der Waals surface area contributed by atoms with Crippen molar-refractivity contribution in [2.45, 2.75) is 52.1 Å². The second-order valence-corrected chi connectivity index (χ2v) is 7.40. The van der Waals surface area contributed by atoms with Crippen LogP contribution in [0.1, 0.15) is 61.7 Å². The molecule has 0 bridgehead atoms. The Hall–Kier alpha value is -2.41. The number of methoxy groups -OCH3 is 1. The number of ether oxygens (including phenoxy) is 1. The van der Waals surface area contributed by atoms with Gasteiger partial charge in [-0.05, 0) is 44.5 Å². The molecule has 1 aromatic carbocycles. The molecule has 0 aliphatic carbocycles. The molecule has 0 radical (unpaired) electrons. The summed E-state index contributed by atoms with van der Waals surface area (Å²) in [7, 11) is 1.40. The van der Waals surface area contributed by atoms with Gasteiger partial charge in [0.2, 0.25) is 5.89 Å². The largest absolute Gasteiger partial charge is 0.465 e. The Balaban J connectivity index is 1.61. The summed E-state index contributed by atoms with van der Waals surface area (Å²) in [5.74, 6) is 1.20. The Labute approximate surface area is 166 Å². The third-order valence-corrected chi connectivity index (χ3v) is 5.43. The van der Waals surface area contributed by atoms with Gasteiger partial charge in [0.25, 0.3) is 0 Å². The topological polar surface area (TPSA) is 71.7 Å². The fourth-order valence-corrected chi connectivity index (χ4v) is 3.72. The highest BCUT2D eigenvalue weighted by Crippen LogP contribution is 2.27. The fraction of sp³-hybridized carbons (Fsp3) is 0.571. The van der Waals surface area contributed by atoms with Gasteiger partial charge in [-0.15, -0.1) is 0 Å². The first-order valence-corrected chi connectivity index (χ1v) is 10.0. The Morgan fingerprint density at radius 2 is 2.07 bits per heavy atom. The SMILES string of the molecule is CCCCc1noc(C(C)N2CCN(c3ccc(C(=O)OC)cc3)CC2C)n1. The summed E-state index contributed by atoms with van der Waals surface area (Å²) in [4.78, 5) is 21.0. The number of unbranched alkanes of at least 4 members (excludes halogenated alkanes) is 1. The molecule has 2 heterocycles. The van der Waals surface area contributed by atoms with Gasteiger partial charge >= 0.3 is 5.97 Å². The molecule has 0 spiro atoms. The van der Waals surface area contributed by atoms with E-state index in [1.165, 1.54) is 7.11 Å². The monoisotopic (exact) mass is 386 g/mol. The van der Waals surface area contributed by atoms with E-state index in [9.17, 15) is 4.79 Å². The van der Waals surface area contributed by atoms with E-state index in [4.69, 9.17) is 9.26 Å². The summed E-state index contributed by atoms with van der Waals surface area (Å²) in [6.07, 6.45) is 3.08. The quantitative estimate of drug-likeness (QED) is 0.675. The fourth-order valence-electron chi connectivity index (χ4n) is 3.72. The molecule has 0 saturated carbocycles. The maximum Gasteiger partial charge on any atom is 0.337 e. The third kappa shape index (κ3) is 4.52. The molecule has 1 saturated heterocycles. The smallest absolute Gasteiger partial charge is 0.337 e. The van der Waals surface area contributed by atoms with Crippen LogP contribution in [-0.2, 0) is 11.2 Å². The maximum absolute atomic E-state index is 11.6. The Morgan fingerprint density at radius 3 is 2.71 bits per heavy atom. The average Bonchev–Trinajstić information content (AvgIpc) is 3.20. The lowest BCUT2D eigenvalue weighted by Gasteiger charge is -2.42. The lowest BCUT2D eigenvalue weighted by molar-refractivity contribution is 0.0600. The molecule has 1 aromatic heterocycles. The van der Waals surface area contributed by atoms with Gasteiger partial charge in [0.05, 0.1) is 18.7 Å². The van der Waals surface area contributed by atoms with Crippen LogP contribution in [0.4, 0.5) is 5.69 Å². The second kappa shape index (κ2) is 9.19. The first-order chi connectivity index (χ1) is 13.5. The van der Waals surface area contributed by atoms with Crippen LogP contribution < -0.4 is 4.90 Å². The van der Waals surface area contributed by atoms with Crippen LogP contribution in [0.25, 0.3) is 0 Å². The van der Waals surface area contributed by atoms with Gasteiger partial charge in [-0.2, -0.15) is 4.98 Å². The number of esters is 1. The van der Waals surface area contributed by atoms with Gasteiger partial charge in [0.15, 0.2) is 5.82 Å². The standard InChI is InChI=1S/C21H30N4O3/c1-5-6-7-19-22-20(28-23-19)16(3)25-13-12-24(14-15(25)2)18-10-8-17(9-11-18)21(26)27-4/h8-11,15-16H,5-7,12-14H2,1-4H3. The van der Waals surface area contributed by atoms with Crippen LogP contribution in [0.2, 0.25) is 0 Å². The minimum atomic E-state index is -0.309. The lowest BCUT2D eigenvalue weighted by Crippen LogP contribution is -2.52. The first-order valence-electron chi connectivity index (χ1n) is 10.0. The van der Waals surface area contributed by atoms with Crippen molar-refractivity contribution in [2.24, 2.45) is 0 Å². The van der Waals surface area contributed by atoms with Gasteiger partial charge < -0.3 is 14.2 Å². The van der Waals surface area contributed by atoms with E-state index in [1.807, 2.05) is 24.3 Å². The van der Waals surface area contributed by atoms with E-state index >= 15 is 0 Å². The lowest BCUT2D eigenvalue weighted by atomic mass is 10.1. The van der Waals surface area contributed by atoms with Crippen molar-refractivity contribution in [1.82, 2.24) is 15.0 Å². The number of rotatable bonds is 7. The number of benzene rings is 1. The number of hydrogen-bond acceptors (Lipinski definition) is 7. The van der Waals surface area contributed by atoms with Crippen LogP contribution in [0.3, 0.4) is 0 Å². The predicted molar refractivity (Wildman–Crippen MR) is 107 cm³/mol. The van der Waals surface area contributed by atoms with Gasteiger partial charge in [0, 0.05) is 37.8 Å². The van der Waals surface area contributed by atoms with Crippen LogP contribution >= 0.6 is 0 Å². The normalized spacial score (nSPS) is 18.9. The minimum absolute atomic E-state index is 0.0988. The predicted octanol–water partition coefficient (Wildman–Crippen LogP) is 3.47. The van der Waals surface area contributed by atoms with Crippen molar-refractivity contribution in [3.63, 3.8) is 0 Å². The highest BCUT2D eigenvalue weighted by Gasteiger charge is 2.30. The molecule has 7 nitrogen and oxygen atoms in total. The van der Waals surface area contributed by atoms with Crippen molar-refractivity contribution >= 4 is 11.7 Å². The number of piperazine rings is 1. The molecule has 1 aliphatic rings. The maximum atomic E-state index is 11.6. The van der Waals surface area contributed by atoms with Crippen LogP contribution in [-0.4, -0.2) is 53.8 Å². The zero-order valence-electron chi connectivity index (χ0n) is 17.2. The zero-order valence-corrected chi connectivity index (χ0v) is 17.2. The van der Waals surface area contributed by atoms with E-state index in [1.54, 1.807) is 0 Å². The van der Waals surface area contributed by atoms with E-state index in [0.29, 0.717) is 17.5 Å².